The Morgan fingerprint density at radius 1 is 1.75 bits per heavy atom. The fraction of sp³-hybridized carbons (Fsp3) is 0.333. The van der Waals surface area contributed by atoms with Gasteiger partial charge in [0, 0.05) is 18.8 Å². The number of nitrogens with two attached hydrogens (primary N) is 1. The summed E-state index contributed by atoms with van der Waals surface area (Å²) >= 11 is 0. The van der Waals surface area contributed by atoms with Gasteiger partial charge in [0.15, 0.2) is 0 Å². The van der Waals surface area contributed by atoms with Gasteiger partial charge in [-0.1, -0.05) is 13.0 Å². The van der Waals surface area contributed by atoms with Gasteiger partial charge in [0.05, 0.1) is 0 Å². The van der Waals surface area contributed by atoms with Crippen molar-refractivity contribution in [2.24, 2.45) is 5.73 Å². The van der Waals surface area contributed by atoms with Crippen LogP contribution in [0.4, 0.5) is 0 Å². The molecule has 0 aliphatic heterocycles. The standard InChI is InChI=1S/C9H12N2O/c1-7(5-9(10)12)8-3-2-4-11-6-8/h2-4,6-7H,5H2,1H3,(H2,10,12)/t7-/m1/s1. The van der Waals surface area contributed by atoms with Gasteiger partial charge < -0.3 is 5.73 Å². The highest BCUT2D eigenvalue weighted by Gasteiger charge is 2.07. The lowest BCUT2D eigenvalue weighted by molar-refractivity contribution is -0.118. The van der Waals surface area contributed by atoms with Crippen LogP contribution in [-0.2, 0) is 4.79 Å². The fourth-order valence-corrected chi connectivity index (χ4v) is 1.09. The van der Waals surface area contributed by atoms with Crippen LogP contribution in [0.1, 0.15) is 24.8 Å². The van der Waals surface area contributed by atoms with E-state index in [0.717, 1.165) is 5.56 Å². The van der Waals surface area contributed by atoms with E-state index in [4.69, 9.17) is 5.73 Å². The summed E-state index contributed by atoms with van der Waals surface area (Å²) in [4.78, 5) is 14.5. The molecule has 1 aromatic heterocycles. The molecule has 1 aromatic rings. The number of primary amides is 1. The van der Waals surface area contributed by atoms with E-state index in [1.807, 2.05) is 19.1 Å². The molecule has 1 amide bonds. The maximum Gasteiger partial charge on any atom is 0.218 e. The summed E-state index contributed by atoms with van der Waals surface area (Å²) in [6.07, 6.45) is 3.85. The summed E-state index contributed by atoms with van der Waals surface area (Å²) in [5.74, 6) is -0.109. The lowest BCUT2D eigenvalue weighted by Crippen LogP contribution is -2.13. The Hall–Kier alpha value is -1.38. The first kappa shape index (κ1) is 8.71. The molecule has 0 saturated heterocycles. The molecule has 3 nitrogen and oxygen atoms in total. The van der Waals surface area contributed by atoms with E-state index in [9.17, 15) is 4.79 Å². The number of aromatic nitrogens is 1. The summed E-state index contributed by atoms with van der Waals surface area (Å²) in [5, 5.41) is 0. The Bertz CT molecular complexity index is 258. The molecule has 0 fully saturated rings. The second kappa shape index (κ2) is 3.85. The van der Waals surface area contributed by atoms with E-state index in [1.54, 1.807) is 12.4 Å². The van der Waals surface area contributed by atoms with Crippen molar-refractivity contribution >= 4 is 5.91 Å². The van der Waals surface area contributed by atoms with Crippen LogP contribution in [0.5, 0.6) is 0 Å². The number of nitrogens with zero attached hydrogens (tertiary/aromatic N) is 1. The monoisotopic (exact) mass is 164 g/mol. The van der Waals surface area contributed by atoms with E-state index in [2.05, 4.69) is 4.98 Å². The molecule has 12 heavy (non-hydrogen) atoms. The molecular weight excluding hydrogens is 152 g/mol. The van der Waals surface area contributed by atoms with Crippen LogP contribution in [0.15, 0.2) is 24.5 Å². The van der Waals surface area contributed by atoms with E-state index < -0.39 is 0 Å². The molecule has 0 saturated carbocycles. The highest BCUT2D eigenvalue weighted by atomic mass is 16.1. The second-order valence-electron chi connectivity index (χ2n) is 2.86. The molecule has 2 N–H and O–H groups in total. The quantitative estimate of drug-likeness (QED) is 0.726. The topological polar surface area (TPSA) is 56.0 Å². The van der Waals surface area contributed by atoms with Gasteiger partial charge in [-0.3, -0.25) is 9.78 Å². The van der Waals surface area contributed by atoms with Crippen molar-refractivity contribution in [3.05, 3.63) is 30.1 Å². The van der Waals surface area contributed by atoms with Crippen LogP contribution >= 0.6 is 0 Å². The van der Waals surface area contributed by atoms with Crippen LogP contribution < -0.4 is 5.73 Å². The molecule has 0 unspecified atom stereocenters. The van der Waals surface area contributed by atoms with Crippen molar-refractivity contribution in [1.82, 2.24) is 4.98 Å². The highest BCUT2D eigenvalue weighted by molar-refractivity contribution is 5.74. The first-order valence-corrected chi connectivity index (χ1v) is 3.88. The molecule has 1 atom stereocenters. The summed E-state index contributed by atoms with van der Waals surface area (Å²) in [5.41, 5.74) is 6.12. The normalized spacial score (nSPS) is 12.4. The summed E-state index contributed by atoms with van der Waals surface area (Å²) in [6.45, 7) is 1.96. The van der Waals surface area contributed by atoms with Gasteiger partial charge >= 0.3 is 0 Å². The van der Waals surface area contributed by atoms with Gasteiger partial charge in [-0.2, -0.15) is 0 Å². The number of carbonyl (C=O) groups is 1. The largest absolute Gasteiger partial charge is 0.370 e. The molecule has 3 heteroatoms. The van der Waals surface area contributed by atoms with E-state index >= 15 is 0 Å². The number of hydrogen-bond acceptors (Lipinski definition) is 2. The van der Waals surface area contributed by atoms with E-state index in [-0.39, 0.29) is 11.8 Å². The molecule has 0 bridgehead atoms. The number of carbonyl (C=O) groups excluding carboxylic acids is 1. The van der Waals surface area contributed by atoms with Crippen LogP contribution in [-0.4, -0.2) is 10.9 Å². The van der Waals surface area contributed by atoms with Crippen LogP contribution in [0, 0.1) is 0 Å². The Balaban J connectivity index is 2.65. The summed E-state index contributed by atoms with van der Waals surface area (Å²) in [6, 6.07) is 3.80. The zero-order chi connectivity index (χ0) is 8.97. The molecule has 0 aromatic carbocycles. The van der Waals surface area contributed by atoms with Gasteiger partial charge in [-0.25, -0.2) is 0 Å². The predicted molar refractivity (Wildman–Crippen MR) is 46.5 cm³/mol. The van der Waals surface area contributed by atoms with Crippen LogP contribution in [0.25, 0.3) is 0 Å². The van der Waals surface area contributed by atoms with Gasteiger partial charge in [-0.05, 0) is 17.5 Å². The molecule has 1 rings (SSSR count). The number of rotatable bonds is 3. The third-order valence-corrected chi connectivity index (χ3v) is 1.76. The SMILES string of the molecule is C[C@H](CC(N)=O)c1cccnc1. The van der Waals surface area contributed by atoms with Gasteiger partial charge in [0.25, 0.3) is 0 Å². The molecule has 0 radical (unpaired) electrons. The third kappa shape index (κ3) is 2.34. The number of pyridine rings is 1. The lowest BCUT2D eigenvalue weighted by atomic mass is 10.00. The molecule has 64 valence electrons. The van der Waals surface area contributed by atoms with Crippen molar-refractivity contribution in [1.29, 1.82) is 0 Å². The molecule has 1 heterocycles. The minimum atomic E-state index is -0.272. The number of amides is 1. The van der Waals surface area contributed by atoms with Gasteiger partial charge in [0.1, 0.15) is 0 Å². The summed E-state index contributed by atoms with van der Waals surface area (Å²) < 4.78 is 0. The minimum Gasteiger partial charge on any atom is -0.370 e. The summed E-state index contributed by atoms with van der Waals surface area (Å²) in [7, 11) is 0. The first-order valence-electron chi connectivity index (χ1n) is 3.88. The predicted octanol–water partition coefficient (Wildman–Crippen LogP) is 1.06. The zero-order valence-corrected chi connectivity index (χ0v) is 7.03. The van der Waals surface area contributed by atoms with Crippen LogP contribution in [0.3, 0.4) is 0 Å². The van der Waals surface area contributed by atoms with Crippen molar-refractivity contribution in [2.45, 2.75) is 19.3 Å². The Morgan fingerprint density at radius 3 is 3.00 bits per heavy atom. The highest BCUT2D eigenvalue weighted by Crippen LogP contribution is 2.16. The fourth-order valence-electron chi connectivity index (χ4n) is 1.09. The second-order valence-corrected chi connectivity index (χ2v) is 2.86. The Kier molecular flexibility index (Phi) is 2.80. The molecule has 0 spiro atoms. The average Bonchev–Trinajstić information content (AvgIpc) is 2.05. The first-order chi connectivity index (χ1) is 5.70. The average molecular weight is 164 g/mol. The smallest absolute Gasteiger partial charge is 0.218 e. The number of hydrogen-bond donors (Lipinski definition) is 1. The molecular formula is C9H12N2O. The van der Waals surface area contributed by atoms with Gasteiger partial charge in [-0.15, -0.1) is 0 Å². The Morgan fingerprint density at radius 2 is 2.50 bits per heavy atom. The van der Waals surface area contributed by atoms with Crippen molar-refractivity contribution in [3.8, 4) is 0 Å². The third-order valence-electron chi connectivity index (χ3n) is 1.76. The molecule has 0 aliphatic rings. The lowest BCUT2D eigenvalue weighted by Gasteiger charge is -2.07. The van der Waals surface area contributed by atoms with Crippen molar-refractivity contribution < 1.29 is 4.79 Å². The maximum atomic E-state index is 10.6. The minimum absolute atomic E-state index is 0.163. The van der Waals surface area contributed by atoms with E-state index in [0.29, 0.717) is 6.42 Å². The maximum absolute atomic E-state index is 10.6. The van der Waals surface area contributed by atoms with Crippen molar-refractivity contribution in [3.63, 3.8) is 0 Å². The van der Waals surface area contributed by atoms with E-state index in [1.165, 1.54) is 0 Å². The zero-order valence-electron chi connectivity index (χ0n) is 7.03. The van der Waals surface area contributed by atoms with Crippen molar-refractivity contribution in [2.75, 3.05) is 0 Å². The van der Waals surface area contributed by atoms with Gasteiger partial charge in [0.2, 0.25) is 5.91 Å². The molecule has 0 aliphatic carbocycles. The Labute approximate surface area is 71.6 Å². The van der Waals surface area contributed by atoms with Crippen LogP contribution in [0.2, 0.25) is 0 Å².